The van der Waals surface area contributed by atoms with E-state index >= 15 is 0 Å². The van der Waals surface area contributed by atoms with E-state index in [1.165, 1.54) is 61.7 Å². The van der Waals surface area contributed by atoms with E-state index in [2.05, 4.69) is 6.92 Å². The van der Waals surface area contributed by atoms with Crippen LogP contribution in [0.5, 0.6) is 0 Å². The summed E-state index contributed by atoms with van der Waals surface area (Å²) in [4.78, 5) is 49.6. The van der Waals surface area contributed by atoms with Crippen molar-refractivity contribution in [3.63, 3.8) is 0 Å². The molecule has 0 aromatic heterocycles. The van der Waals surface area contributed by atoms with Crippen molar-refractivity contribution in [2.45, 2.75) is 45.4 Å². The average molecular weight is 423 g/mol. The molecular weight excluding hydrogens is 398 g/mol. The van der Waals surface area contributed by atoms with Crippen LogP contribution in [-0.2, 0) is 4.74 Å². The highest BCUT2D eigenvalue weighted by Gasteiger charge is 2.37. The lowest BCUT2D eigenvalue weighted by atomic mass is 10.1. The molecule has 2 aromatic carbocycles. The van der Waals surface area contributed by atoms with Crippen molar-refractivity contribution in [2.75, 3.05) is 11.5 Å². The number of amides is 2. The Kier molecular flexibility index (Phi) is 7.18. The van der Waals surface area contributed by atoms with Crippen LogP contribution < -0.4 is 4.90 Å². The van der Waals surface area contributed by atoms with Crippen molar-refractivity contribution < 1.29 is 29.0 Å². The summed E-state index contributed by atoms with van der Waals surface area (Å²) in [6.45, 7) is 2.52. The molecule has 1 aliphatic rings. The number of carbonyl (C=O) groups excluding carboxylic acids is 3. The fourth-order valence-electron chi connectivity index (χ4n) is 3.49. The van der Waals surface area contributed by atoms with Gasteiger partial charge in [0.2, 0.25) is 0 Å². The molecule has 0 spiro atoms. The molecule has 2 aromatic rings. The third-order valence-corrected chi connectivity index (χ3v) is 5.23. The molecule has 3 rings (SSSR count). The van der Waals surface area contributed by atoms with Gasteiger partial charge in [0.25, 0.3) is 11.8 Å². The second-order valence-corrected chi connectivity index (χ2v) is 7.46. The zero-order valence-electron chi connectivity index (χ0n) is 17.4. The van der Waals surface area contributed by atoms with Crippen LogP contribution in [0.1, 0.15) is 86.9 Å². The summed E-state index contributed by atoms with van der Waals surface area (Å²) in [6, 6.07) is 9.84. The second-order valence-electron chi connectivity index (χ2n) is 7.46. The highest BCUT2D eigenvalue weighted by Crippen LogP contribution is 2.29. The maximum atomic E-state index is 12.7. The minimum atomic E-state index is -1.18. The number of imide groups is 1. The number of hydrogen-bond acceptors (Lipinski definition) is 5. The van der Waals surface area contributed by atoms with Gasteiger partial charge in [-0.1, -0.05) is 39.0 Å². The third-order valence-electron chi connectivity index (χ3n) is 5.23. The first-order valence-corrected chi connectivity index (χ1v) is 10.5. The van der Waals surface area contributed by atoms with Crippen LogP contribution in [0.3, 0.4) is 0 Å². The Balaban J connectivity index is 1.61. The predicted molar refractivity (Wildman–Crippen MR) is 115 cm³/mol. The first-order valence-electron chi connectivity index (χ1n) is 10.5. The molecule has 31 heavy (non-hydrogen) atoms. The van der Waals surface area contributed by atoms with Gasteiger partial charge in [0.1, 0.15) is 0 Å². The Morgan fingerprint density at radius 1 is 0.839 bits per heavy atom. The molecule has 0 unspecified atom stereocenters. The fourth-order valence-corrected chi connectivity index (χ4v) is 3.49. The molecule has 0 atom stereocenters. The number of rotatable bonds is 10. The highest BCUT2D eigenvalue weighted by atomic mass is 16.5. The average Bonchev–Trinajstić information content (AvgIpc) is 3.02. The van der Waals surface area contributed by atoms with E-state index in [1.54, 1.807) is 0 Å². The quantitative estimate of drug-likeness (QED) is 0.338. The molecule has 0 aliphatic carbocycles. The molecule has 0 saturated carbocycles. The van der Waals surface area contributed by atoms with Gasteiger partial charge in [-0.15, -0.1) is 0 Å². The Morgan fingerprint density at radius 2 is 1.45 bits per heavy atom. The molecule has 1 heterocycles. The number of esters is 1. The topological polar surface area (TPSA) is 101 Å². The van der Waals surface area contributed by atoms with Crippen molar-refractivity contribution >= 4 is 29.4 Å². The van der Waals surface area contributed by atoms with Crippen LogP contribution in [0, 0.1) is 0 Å². The lowest BCUT2D eigenvalue weighted by molar-refractivity contribution is 0.0497. The van der Waals surface area contributed by atoms with Crippen LogP contribution in [0.2, 0.25) is 0 Å². The standard InChI is InChI=1S/C24H25NO6/c1-2-3-4-5-6-7-14-31-24(30)16-8-11-18(12-9-16)25-21(26)19-13-10-17(23(28)29)15-20(19)22(25)27/h8-13,15H,2-7,14H2,1H3,(H,28,29). The first-order chi connectivity index (χ1) is 14.9. The molecule has 0 fully saturated rings. The van der Waals surface area contributed by atoms with Crippen LogP contribution in [0.4, 0.5) is 5.69 Å². The van der Waals surface area contributed by atoms with Crippen LogP contribution in [-0.4, -0.2) is 35.5 Å². The van der Waals surface area contributed by atoms with Crippen LogP contribution >= 0.6 is 0 Å². The summed E-state index contributed by atoms with van der Waals surface area (Å²) >= 11 is 0. The van der Waals surface area contributed by atoms with Gasteiger partial charge in [-0.2, -0.15) is 0 Å². The smallest absolute Gasteiger partial charge is 0.338 e. The number of fused-ring (bicyclic) bond motifs is 1. The number of carboxylic acid groups (broad SMARTS) is 1. The Morgan fingerprint density at radius 3 is 2.13 bits per heavy atom. The van der Waals surface area contributed by atoms with Crippen LogP contribution in [0.25, 0.3) is 0 Å². The summed E-state index contributed by atoms with van der Waals surface area (Å²) in [5, 5.41) is 9.11. The van der Waals surface area contributed by atoms with Crippen molar-refractivity contribution in [3.8, 4) is 0 Å². The van der Waals surface area contributed by atoms with E-state index in [0.29, 0.717) is 17.9 Å². The summed E-state index contributed by atoms with van der Waals surface area (Å²) < 4.78 is 5.29. The minimum Gasteiger partial charge on any atom is -0.478 e. The zero-order valence-corrected chi connectivity index (χ0v) is 17.4. The highest BCUT2D eigenvalue weighted by molar-refractivity contribution is 6.34. The van der Waals surface area contributed by atoms with Gasteiger partial charge in [-0.3, -0.25) is 9.59 Å². The number of aromatic carboxylic acids is 1. The first kappa shape index (κ1) is 22.2. The number of benzene rings is 2. The van der Waals surface area contributed by atoms with E-state index in [-0.39, 0.29) is 16.7 Å². The lowest BCUT2D eigenvalue weighted by Crippen LogP contribution is -2.29. The number of unbranched alkanes of at least 4 members (excludes halogenated alkanes) is 5. The SMILES string of the molecule is CCCCCCCCOC(=O)c1ccc(N2C(=O)c3ccc(C(=O)O)cc3C2=O)cc1. The minimum absolute atomic E-state index is 0.0484. The summed E-state index contributed by atoms with van der Waals surface area (Å²) in [6.07, 6.45) is 6.58. The number of nitrogens with zero attached hydrogens (tertiary/aromatic N) is 1. The van der Waals surface area contributed by atoms with E-state index in [1.807, 2.05) is 0 Å². The van der Waals surface area contributed by atoms with Gasteiger partial charge in [0.05, 0.1) is 34.5 Å². The van der Waals surface area contributed by atoms with Gasteiger partial charge in [-0.25, -0.2) is 14.5 Å². The van der Waals surface area contributed by atoms with Crippen molar-refractivity contribution in [1.29, 1.82) is 0 Å². The van der Waals surface area contributed by atoms with E-state index in [9.17, 15) is 19.2 Å². The van der Waals surface area contributed by atoms with Crippen molar-refractivity contribution in [1.82, 2.24) is 0 Å². The zero-order chi connectivity index (χ0) is 22.4. The molecule has 7 heteroatoms. The normalized spacial score (nSPS) is 12.7. The van der Waals surface area contributed by atoms with Gasteiger partial charge in [0.15, 0.2) is 0 Å². The molecule has 0 bridgehead atoms. The largest absolute Gasteiger partial charge is 0.478 e. The molecular formula is C24H25NO6. The molecule has 1 aliphatic heterocycles. The molecule has 7 nitrogen and oxygen atoms in total. The van der Waals surface area contributed by atoms with Gasteiger partial charge >= 0.3 is 11.9 Å². The van der Waals surface area contributed by atoms with Crippen LogP contribution in [0.15, 0.2) is 42.5 Å². The number of carbonyl (C=O) groups is 4. The monoisotopic (exact) mass is 423 g/mol. The molecule has 1 N–H and O–H groups in total. The van der Waals surface area contributed by atoms with E-state index in [0.717, 1.165) is 24.2 Å². The number of hydrogen-bond donors (Lipinski definition) is 1. The lowest BCUT2D eigenvalue weighted by Gasteiger charge is -2.14. The Bertz CT molecular complexity index is 996. The maximum Gasteiger partial charge on any atom is 0.338 e. The number of anilines is 1. The Hall–Kier alpha value is -3.48. The molecule has 2 amide bonds. The second kappa shape index (κ2) is 10.0. The molecule has 0 saturated heterocycles. The van der Waals surface area contributed by atoms with Gasteiger partial charge in [0, 0.05) is 0 Å². The molecule has 0 radical (unpaired) electrons. The Labute approximate surface area is 180 Å². The number of carboxylic acids is 1. The molecule has 162 valence electrons. The number of ether oxygens (including phenoxy) is 1. The third kappa shape index (κ3) is 4.99. The van der Waals surface area contributed by atoms with E-state index in [4.69, 9.17) is 9.84 Å². The summed E-state index contributed by atoms with van der Waals surface area (Å²) in [7, 11) is 0. The van der Waals surface area contributed by atoms with Crippen molar-refractivity contribution in [3.05, 3.63) is 64.7 Å². The van der Waals surface area contributed by atoms with Crippen molar-refractivity contribution in [2.24, 2.45) is 0 Å². The summed E-state index contributed by atoms with van der Waals surface area (Å²) in [5.74, 6) is -2.75. The maximum absolute atomic E-state index is 12.7. The van der Waals surface area contributed by atoms with Gasteiger partial charge < -0.3 is 9.84 Å². The summed E-state index contributed by atoms with van der Waals surface area (Å²) in [5.41, 5.74) is 0.769. The van der Waals surface area contributed by atoms with Gasteiger partial charge in [-0.05, 0) is 48.9 Å². The van der Waals surface area contributed by atoms with E-state index < -0.39 is 23.8 Å². The fraction of sp³-hybridized carbons (Fsp3) is 0.333. The predicted octanol–water partition coefficient (Wildman–Crippen LogP) is 4.70.